The first-order valence-electron chi connectivity index (χ1n) is 7.19. The molecule has 1 aromatic carbocycles. The molecule has 104 valence electrons. The van der Waals surface area contributed by atoms with Crippen molar-refractivity contribution in [3.63, 3.8) is 0 Å². The number of hydrogen-bond acceptors (Lipinski definition) is 4. The third kappa shape index (κ3) is 3.08. The average molecular weight is 261 g/mol. The third-order valence-electron chi connectivity index (χ3n) is 4.11. The molecule has 2 aliphatic rings. The normalized spacial score (nSPS) is 23.1. The van der Waals surface area contributed by atoms with Crippen LogP contribution in [0.2, 0.25) is 0 Å². The van der Waals surface area contributed by atoms with Crippen molar-refractivity contribution in [2.45, 2.75) is 19.0 Å². The number of fused-ring (bicyclic) bond motifs is 1. The highest BCUT2D eigenvalue weighted by Crippen LogP contribution is 2.25. The Bertz CT molecular complexity index is 435. The van der Waals surface area contributed by atoms with E-state index in [1.165, 1.54) is 11.1 Å². The largest absolute Gasteiger partial charge is 0.493 e. The summed E-state index contributed by atoms with van der Waals surface area (Å²) in [6.45, 7) is 6.15. The van der Waals surface area contributed by atoms with Crippen molar-refractivity contribution in [2.75, 3.05) is 39.8 Å². The standard InChI is InChI=1S/C15H23N3O/c1-18-6-5-16-10-14(18)11-17-9-12-2-3-15-13(8-12)4-7-19-15/h2-3,8,14,16-17H,4-7,9-11H2,1H3. The Morgan fingerprint density at radius 3 is 3.32 bits per heavy atom. The minimum absolute atomic E-state index is 0.603. The van der Waals surface area contributed by atoms with E-state index < -0.39 is 0 Å². The van der Waals surface area contributed by atoms with E-state index in [1.54, 1.807) is 0 Å². The Morgan fingerprint density at radius 2 is 2.42 bits per heavy atom. The van der Waals surface area contributed by atoms with Gasteiger partial charge in [0.2, 0.25) is 0 Å². The molecule has 1 aromatic rings. The highest BCUT2D eigenvalue weighted by molar-refractivity contribution is 5.39. The number of benzene rings is 1. The zero-order chi connectivity index (χ0) is 13.1. The van der Waals surface area contributed by atoms with Gasteiger partial charge in [-0.3, -0.25) is 4.90 Å². The van der Waals surface area contributed by atoms with Gasteiger partial charge < -0.3 is 15.4 Å². The number of ether oxygens (including phenoxy) is 1. The maximum absolute atomic E-state index is 5.53. The summed E-state index contributed by atoms with van der Waals surface area (Å²) in [6.07, 6.45) is 1.05. The molecule has 1 atom stereocenters. The second kappa shape index (κ2) is 5.90. The summed E-state index contributed by atoms with van der Waals surface area (Å²) in [6, 6.07) is 7.15. The van der Waals surface area contributed by atoms with Crippen LogP contribution >= 0.6 is 0 Å². The van der Waals surface area contributed by atoms with Gasteiger partial charge in [-0.05, 0) is 24.2 Å². The molecule has 2 heterocycles. The van der Waals surface area contributed by atoms with Crippen LogP contribution < -0.4 is 15.4 Å². The van der Waals surface area contributed by atoms with Gasteiger partial charge in [0.25, 0.3) is 0 Å². The topological polar surface area (TPSA) is 36.5 Å². The molecule has 0 aliphatic carbocycles. The molecule has 1 saturated heterocycles. The van der Waals surface area contributed by atoms with Crippen molar-refractivity contribution in [1.82, 2.24) is 15.5 Å². The molecule has 0 amide bonds. The Hall–Kier alpha value is -1.10. The highest BCUT2D eigenvalue weighted by atomic mass is 16.5. The Labute approximate surface area is 115 Å². The first-order chi connectivity index (χ1) is 9.33. The Morgan fingerprint density at radius 1 is 1.47 bits per heavy atom. The van der Waals surface area contributed by atoms with Crippen LogP contribution in [0, 0.1) is 0 Å². The van der Waals surface area contributed by atoms with E-state index in [4.69, 9.17) is 4.74 Å². The number of nitrogens with one attached hydrogen (secondary N) is 2. The van der Waals surface area contributed by atoms with Crippen molar-refractivity contribution in [3.05, 3.63) is 29.3 Å². The summed E-state index contributed by atoms with van der Waals surface area (Å²) in [5.74, 6) is 1.07. The molecule has 0 aromatic heterocycles. The average Bonchev–Trinajstić information content (AvgIpc) is 2.88. The van der Waals surface area contributed by atoms with Crippen LogP contribution in [0.25, 0.3) is 0 Å². The molecule has 1 fully saturated rings. The molecule has 0 spiro atoms. The van der Waals surface area contributed by atoms with Crippen LogP contribution in [0.15, 0.2) is 18.2 Å². The summed E-state index contributed by atoms with van der Waals surface area (Å²) < 4.78 is 5.53. The molecule has 2 aliphatic heterocycles. The van der Waals surface area contributed by atoms with Gasteiger partial charge in [-0.25, -0.2) is 0 Å². The molecule has 1 unspecified atom stereocenters. The minimum atomic E-state index is 0.603. The van der Waals surface area contributed by atoms with Crippen molar-refractivity contribution in [3.8, 4) is 5.75 Å². The van der Waals surface area contributed by atoms with Gasteiger partial charge in [0.1, 0.15) is 5.75 Å². The maximum Gasteiger partial charge on any atom is 0.122 e. The number of hydrogen-bond donors (Lipinski definition) is 2. The van der Waals surface area contributed by atoms with Crippen molar-refractivity contribution in [2.24, 2.45) is 0 Å². The van der Waals surface area contributed by atoms with E-state index in [1.807, 2.05) is 0 Å². The predicted octanol–water partition coefficient (Wildman–Crippen LogP) is 0.615. The number of piperazine rings is 1. The second-order valence-electron chi connectivity index (χ2n) is 5.51. The molecule has 0 radical (unpaired) electrons. The van der Waals surface area contributed by atoms with E-state index >= 15 is 0 Å². The first-order valence-corrected chi connectivity index (χ1v) is 7.19. The lowest BCUT2D eigenvalue weighted by Gasteiger charge is -2.33. The first kappa shape index (κ1) is 12.9. The molecular formula is C15H23N3O. The number of nitrogens with zero attached hydrogens (tertiary/aromatic N) is 1. The van der Waals surface area contributed by atoms with Gasteiger partial charge in [-0.2, -0.15) is 0 Å². The predicted molar refractivity (Wildman–Crippen MR) is 76.6 cm³/mol. The molecule has 4 nitrogen and oxygen atoms in total. The second-order valence-corrected chi connectivity index (χ2v) is 5.51. The fraction of sp³-hybridized carbons (Fsp3) is 0.600. The lowest BCUT2D eigenvalue weighted by molar-refractivity contribution is 0.195. The van der Waals surface area contributed by atoms with Gasteiger partial charge in [0, 0.05) is 45.2 Å². The van der Waals surface area contributed by atoms with Crippen molar-refractivity contribution < 1.29 is 4.74 Å². The van der Waals surface area contributed by atoms with Crippen LogP contribution in [0.4, 0.5) is 0 Å². The molecule has 0 bridgehead atoms. The van der Waals surface area contributed by atoms with E-state index in [2.05, 4.69) is 40.8 Å². The van der Waals surface area contributed by atoms with E-state index in [0.717, 1.165) is 51.5 Å². The smallest absolute Gasteiger partial charge is 0.122 e. The number of rotatable bonds is 4. The summed E-state index contributed by atoms with van der Waals surface area (Å²) in [7, 11) is 2.21. The van der Waals surface area contributed by atoms with E-state index in [9.17, 15) is 0 Å². The lowest BCUT2D eigenvalue weighted by Crippen LogP contribution is -2.53. The molecule has 3 rings (SSSR count). The molecule has 19 heavy (non-hydrogen) atoms. The zero-order valence-corrected chi connectivity index (χ0v) is 11.6. The fourth-order valence-corrected chi connectivity index (χ4v) is 2.82. The van der Waals surface area contributed by atoms with Gasteiger partial charge >= 0.3 is 0 Å². The van der Waals surface area contributed by atoms with E-state index in [0.29, 0.717) is 6.04 Å². The molecular weight excluding hydrogens is 238 g/mol. The third-order valence-corrected chi connectivity index (χ3v) is 4.11. The number of likely N-dealkylation sites (N-methyl/N-ethyl adjacent to an activating group) is 1. The van der Waals surface area contributed by atoms with Crippen molar-refractivity contribution >= 4 is 0 Å². The van der Waals surface area contributed by atoms with Crippen LogP contribution in [0.3, 0.4) is 0 Å². The van der Waals surface area contributed by atoms with Crippen LogP contribution in [0.5, 0.6) is 5.75 Å². The molecule has 4 heteroatoms. The van der Waals surface area contributed by atoms with Crippen LogP contribution in [-0.4, -0.2) is 50.8 Å². The Balaban J connectivity index is 1.49. The van der Waals surface area contributed by atoms with Gasteiger partial charge in [0.15, 0.2) is 0 Å². The summed E-state index contributed by atoms with van der Waals surface area (Å²) in [5.41, 5.74) is 2.71. The van der Waals surface area contributed by atoms with Crippen LogP contribution in [0.1, 0.15) is 11.1 Å². The monoisotopic (exact) mass is 261 g/mol. The zero-order valence-electron chi connectivity index (χ0n) is 11.6. The summed E-state index contributed by atoms with van der Waals surface area (Å²) >= 11 is 0. The SMILES string of the molecule is CN1CCNCC1CNCc1ccc2c(c1)CCO2. The van der Waals surface area contributed by atoms with Gasteiger partial charge in [-0.1, -0.05) is 12.1 Å². The minimum Gasteiger partial charge on any atom is -0.493 e. The van der Waals surface area contributed by atoms with Crippen LogP contribution in [-0.2, 0) is 13.0 Å². The molecule has 0 saturated carbocycles. The van der Waals surface area contributed by atoms with E-state index in [-0.39, 0.29) is 0 Å². The Kier molecular flexibility index (Phi) is 4.01. The quantitative estimate of drug-likeness (QED) is 0.833. The molecule has 2 N–H and O–H groups in total. The van der Waals surface area contributed by atoms with Gasteiger partial charge in [-0.15, -0.1) is 0 Å². The summed E-state index contributed by atoms with van der Waals surface area (Å²) in [5, 5.41) is 7.02. The maximum atomic E-state index is 5.53. The lowest BCUT2D eigenvalue weighted by atomic mass is 10.1. The fourth-order valence-electron chi connectivity index (χ4n) is 2.82. The highest BCUT2D eigenvalue weighted by Gasteiger charge is 2.17. The van der Waals surface area contributed by atoms with Crippen molar-refractivity contribution in [1.29, 1.82) is 0 Å². The summed E-state index contributed by atoms with van der Waals surface area (Å²) in [4.78, 5) is 2.43. The van der Waals surface area contributed by atoms with Gasteiger partial charge in [0.05, 0.1) is 6.61 Å².